The Labute approximate surface area is 99.4 Å². The van der Waals surface area contributed by atoms with Crippen LogP contribution in [0, 0.1) is 17.6 Å². The molecular formula is C12H17F2NO2. The Kier molecular flexibility index (Phi) is 5.47. The molecule has 1 unspecified atom stereocenters. The van der Waals surface area contributed by atoms with Crippen molar-refractivity contribution in [2.45, 2.75) is 20.0 Å². The van der Waals surface area contributed by atoms with Crippen molar-refractivity contribution in [2.24, 2.45) is 5.92 Å². The van der Waals surface area contributed by atoms with Gasteiger partial charge in [0.2, 0.25) is 0 Å². The number of hydrogen-bond acceptors (Lipinski definition) is 3. The highest BCUT2D eigenvalue weighted by Crippen LogP contribution is 2.17. The molecule has 1 aromatic rings. The van der Waals surface area contributed by atoms with Gasteiger partial charge in [0.25, 0.3) is 0 Å². The van der Waals surface area contributed by atoms with Crippen LogP contribution < -0.4 is 5.48 Å². The molecule has 5 heteroatoms. The molecule has 0 amide bonds. The van der Waals surface area contributed by atoms with Crippen LogP contribution in [0.25, 0.3) is 0 Å². The van der Waals surface area contributed by atoms with Crippen LogP contribution >= 0.6 is 0 Å². The van der Waals surface area contributed by atoms with Gasteiger partial charge in [-0.3, -0.25) is 0 Å². The number of aliphatic hydroxyl groups is 1. The van der Waals surface area contributed by atoms with Gasteiger partial charge >= 0.3 is 0 Å². The van der Waals surface area contributed by atoms with Crippen LogP contribution in [0.5, 0.6) is 0 Å². The SMILES string of the molecule is CC(C)CONCC(O)c1cc(F)ccc1F. The van der Waals surface area contributed by atoms with Gasteiger partial charge in [0.05, 0.1) is 19.3 Å². The molecule has 0 spiro atoms. The summed E-state index contributed by atoms with van der Waals surface area (Å²) in [6.07, 6.45) is -1.14. The fraction of sp³-hybridized carbons (Fsp3) is 0.500. The summed E-state index contributed by atoms with van der Waals surface area (Å²) >= 11 is 0. The lowest BCUT2D eigenvalue weighted by Gasteiger charge is -2.13. The first-order chi connectivity index (χ1) is 8.00. The maximum Gasteiger partial charge on any atom is 0.129 e. The monoisotopic (exact) mass is 245 g/mol. The largest absolute Gasteiger partial charge is 0.387 e. The first-order valence-electron chi connectivity index (χ1n) is 5.48. The fourth-order valence-corrected chi connectivity index (χ4v) is 1.24. The van der Waals surface area contributed by atoms with Gasteiger partial charge in [0, 0.05) is 5.56 Å². The Balaban J connectivity index is 2.46. The van der Waals surface area contributed by atoms with Crippen molar-refractivity contribution in [3.05, 3.63) is 35.4 Å². The minimum Gasteiger partial charge on any atom is -0.387 e. The second-order valence-corrected chi connectivity index (χ2v) is 4.23. The van der Waals surface area contributed by atoms with Crippen LogP contribution in [0.3, 0.4) is 0 Å². The van der Waals surface area contributed by atoms with Crippen LogP contribution in [0.2, 0.25) is 0 Å². The first kappa shape index (κ1) is 14.0. The van der Waals surface area contributed by atoms with E-state index >= 15 is 0 Å². The van der Waals surface area contributed by atoms with Crippen molar-refractivity contribution in [1.29, 1.82) is 0 Å². The second kappa shape index (κ2) is 6.64. The Morgan fingerprint density at radius 3 is 2.71 bits per heavy atom. The van der Waals surface area contributed by atoms with Crippen molar-refractivity contribution in [3.63, 3.8) is 0 Å². The molecule has 17 heavy (non-hydrogen) atoms. The maximum absolute atomic E-state index is 13.3. The Hall–Kier alpha value is -1.04. The third-order valence-corrected chi connectivity index (χ3v) is 2.11. The van der Waals surface area contributed by atoms with E-state index in [2.05, 4.69) is 5.48 Å². The summed E-state index contributed by atoms with van der Waals surface area (Å²) in [5.74, 6) is -0.862. The molecular weight excluding hydrogens is 228 g/mol. The molecule has 0 radical (unpaired) electrons. The van der Waals surface area contributed by atoms with E-state index in [0.29, 0.717) is 12.5 Å². The molecule has 0 bridgehead atoms. The van der Waals surface area contributed by atoms with E-state index in [9.17, 15) is 13.9 Å². The number of hydrogen-bond donors (Lipinski definition) is 2. The molecule has 2 N–H and O–H groups in total. The normalized spacial score (nSPS) is 13.1. The number of rotatable bonds is 6. The molecule has 1 aromatic carbocycles. The average Bonchev–Trinajstić information content (AvgIpc) is 2.27. The van der Waals surface area contributed by atoms with E-state index < -0.39 is 17.7 Å². The van der Waals surface area contributed by atoms with Crippen molar-refractivity contribution < 1.29 is 18.7 Å². The lowest BCUT2D eigenvalue weighted by atomic mass is 10.1. The van der Waals surface area contributed by atoms with Gasteiger partial charge in [-0.1, -0.05) is 13.8 Å². The smallest absolute Gasteiger partial charge is 0.129 e. The van der Waals surface area contributed by atoms with Crippen LogP contribution in [-0.4, -0.2) is 18.3 Å². The minimum atomic E-state index is -1.14. The standard InChI is InChI=1S/C12H17F2NO2/c1-8(2)7-17-15-6-12(16)10-5-9(13)3-4-11(10)14/h3-5,8,12,15-16H,6-7H2,1-2H3. The maximum atomic E-state index is 13.3. The van der Waals surface area contributed by atoms with E-state index in [-0.39, 0.29) is 12.1 Å². The molecule has 1 atom stereocenters. The number of benzene rings is 1. The number of hydroxylamine groups is 1. The summed E-state index contributed by atoms with van der Waals surface area (Å²) in [6.45, 7) is 4.44. The molecule has 0 saturated carbocycles. The quantitative estimate of drug-likeness (QED) is 0.596. The van der Waals surface area contributed by atoms with Crippen molar-refractivity contribution >= 4 is 0 Å². The van der Waals surface area contributed by atoms with Crippen LogP contribution in [-0.2, 0) is 4.84 Å². The summed E-state index contributed by atoms with van der Waals surface area (Å²) in [7, 11) is 0. The molecule has 0 heterocycles. The Morgan fingerprint density at radius 1 is 1.35 bits per heavy atom. The minimum absolute atomic E-state index is 0.00704. The molecule has 0 saturated heterocycles. The molecule has 0 aliphatic rings. The van der Waals surface area contributed by atoms with E-state index in [1.807, 2.05) is 13.8 Å². The average molecular weight is 245 g/mol. The molecule has 0 fully saturated rings. The third kappa shape index (κ3) is 4.77. The zero-order chi connectivity index (χ0) is 12.8. The Bertz CT molecular complexity index is 358. The first-order valence-corrected chi connectivity index (χ1v) is 5.48. The van der Waals surface area contributed by atoms with E-state index in [1.54, 1.807) is 0 Å². The van der Waals surface area contributed by atoms with Crippen LogP contribution in [0.1, 0.15) is 25.5 Å². The van der Waals surface area contributed by atoms with Crippen molar-refractivity contribution in [2.75, 3.05) is 13.2 Å². The summed E-state index contributed by atoms with van der Waals surface area (Å²) in [6, 6.07) is 2.97. The molecule has 96 valence electrons. The van der Waals surface area contributed by atoms with Gasteiger partial charge in [0.15, 0.2) is 0 Å². The summed E-state index contributed by atoms with van der Waals surface area (Å²) in [4.78, 5) is 5.03. The van der Waals surface area contributed by atoms with Gasteiger partial charge in [-0.25, -0.2) is 8.78 Å². The van der Waals surface area contributed by atoms with Gasteiger partial charge < -0.3 is 9.94 Å². The van der Waals surface area contributed by atoms with Crippen LogP contribution in [0.15, 0.2) is 18.2 Å². The van der Waals surface area contributed by atoms with E-state index in [1.165, 1.54) is 0 Å². The highest BCUT2D eigenvalue weighted by atomic mass is 19.1. The third-order valence-electron chi connectivity index (χ3n) is 2.11. The number of halogens is 2. The molecule has 1 rings (SSSR count). The predicted molar refractivity (Wildman–Crippen MR) is 60.1 cm³/mol. The molecule has 3 nitrogen and oxygen atoms in total. The summed E-state index contributed by atoms with van der Waals surface area (Å²) in [5.41, 5.74) is 2.44. The molecule has 0 aromatic heterocycles. The lowest BCUT2D eigenvalue weighted by molar-refractivity contribution is -0.000260. The van der Waals surface area contributed by atoms with Crippen molar-refractivity contribution in [3.8, 4) is 0 Å². The molecule has 0 aliphatic carbocycles. The Morgan fingerprint density at radius 2 is 2.06 bits per heavy atom. The van der Waals surface area contributed by atoms with Gasteiger partial charge in [-0.05, 0) is 24.1 Å². The summed E-state index contributed by atoms with van der Waals surface area (Å²) < 4.78 is 26.1. The van der Waals surface area contributed by atoms with Gasteiger partial charge in [-0.15, -0.1) is 0 Å². The topological polar surface area (TPSA) is 41.5 Å². The number of nitrogens with one attached hydrogen (secondary N) is 1. The van der Waals surface area contributed by atoms with E-state index in [0.717, 1.165) is 18.2 Å². The highest BCUT2D eigenvalue weighted by molar-refractivity contribution is 5.21. The zero-order valence-corrected chi connectivity index (χ0v) is 9.91. The predicted octanol–water partition coefficient (Wildman–Crippen LogP) is 2.18. The van der Waals surface area contributed by atoms with Gasteiger partial charge in [-0.2, -0.15) is 5.48 Å². The van der Waals surface area contributed by atoms with E-state index in [4.69, 9.17) is 4.84 Å². The number of aliphatic hydroxyl groups excluding tert-OH is 1. The van der Waals surface area contributed by atoms with Gasteiger partial charge in [0.1, 0.15) is 11.6 Å². The fourth-order valence-electron chi connectivity index (χ4n) is 1.24. The zero-order valence-electron chi connectivity index (χ0n) is 9.91. The van der Waals surface area contributed by atoms with Crippen LogP contribution in [0.4, 0.5) is 8.78 Å². The molecule has 0 aliphatic heterocycles. The highest BCUT2D eigenvalue weighted by Gasteiger charge is 2.13. The second-order valence-electron chi connectivity index (χ2n) is 4.23. The van der Waals surface area contributed by atoms with Crippen molar-refractivity contribution in [1.82, 2.24) is 5.48 Å². The summed E-state index contributed by atoms with van der Waals surface area (Å²) in [5, 5.41) is 9.64. The lowest BCUT2D eigenvalue weighted by Crippen LogP contribution is -2.24.